The Labute approximate surface area is 202 Å². The van der Waals surface area contributed by atoms with Crippen LogP contribution in [0.2, 0.25) is 0 Å². The molecule has 0 spiro atoms. The van der Waals surface area contributed by atoms with Crippen molar-refractivity contribution < 1.29 is 18.7 Å². The molecule has 1 amide bonds. The van der Waals surface area contributed by atoms with E-state index in [9.17, 15) is 14.0 Å². The van der Waals surface area contributed by atoms with Crippen LogP contribution >= 0.6 is 11.8 Å². The topological polar surface area (TPSA) is 86.1 Å². The van der Waals surface area contributed by atoms with Gasteiger partial charge in [0, 0.05) is 17.3 Å². The molecule has 3 aromatic rings. The lowest BCUT2D eigenvalue weighted by atomic mass is 9.86. The molecule has 178 valence electrons. The minimum atomic E-state index is -0.511. The van der Waals surface area contributed by atoms with Crippen LogP contribution in [0.5, 0.6) is 0 Å². The van der Waals surface area contributed by atoms with Crippen molar-refractivity contribution in [1.29, 1.82) is 0 Å². The van der Waals surface area contributed by atoms with E-state index in [4.69, 9.17) is 4.74 Å². The van der Waals surface area contributed by atoms with Gasteiger partial charge in [-0.1, -0.05) is 49.7 Å². The van der Waals surface area contributed by atoms with E-state index in [0.717, 1.165) is 24.9 Å². The van der Waals surface area contributed by atoms with Gasteiger partial charge in [0.25, 0.3) is 5.91 Å². The normalized spacial score (nSPS) is 17.8. The molecule has 0 bridgehead atoms. The predicted molar refractivity (Wildman–Crippen MR) is 128 cm³/mol. The second-order valence-electron chi connectivity index (χ2n) is 8.37. The van der Waals surface area contributed by atoms with Crippen LogP contribution in [0.4, 0.5) is 4.39 Å². The molecule has 1 fully saturated rings. The van der Waals surface area contributed by atoms with Gasteiger partial charge in [-0.05, 0) is 55.2 Å². The molecule has 2 unspecified atom stereocenters. The highest BCUT2D eigenvalue weighted by Crippen LogP contribution is 2.28. The van der Waals surface area contributed by atoms with Gasteiger partial charge in [-0.25, -0.2) is 4.39 Å². The van der Waals surface area contributed by atoms with Crippen LogP contribution in [-0.2, 0) is 14.3 Å². The van der Waals surface area contributed by atoms with E-state index in [-0.39, 0.29) is 30.1 Å². The van der Waals surface area contributed by atoms with E-state index in [0.29, 0.717) is 22.5 Å². The molecule has 0 radical (unpaired) electrons. The van der Waals surface area contributed by atoms with Gasteiger partial charge in [-0.15, -0.1) is 10.2 Å². The van der Waals surface area contributed by atoms with Crippen molar-refractivity contribution in [3.8, 4) is 17.1 Å². The molecule has 4 rings (SSSR count). The second kappa shape index (κ2) is 11.3. The minimum Gasteiger partial charge on any atom is -0.455 e. The smallest absolute Gasteiger partial charge is 0.316 e. The molecule has 7 nitrogen and oxygen atoms in total. The average Bonchev–Trinajstić information content (AvgIpc) is 3.28. The van der Waals surface area contributed by atoms with Crippen molar-refractivity contribution in [3.63, 3.8) is 0 Å². The number of nitrogens with zero attached hydrogens (tertiary/aromatic N) is 3. The van der Waals surface area contributed by atoms with Crippen LogP contribution in [0.15, 0.2) is 59.8 Å². The van der Waals surface area contributed by atoms with Crippen LogP contribution < -0.4 is 5.32 Å². The molecule has 1 aromatic heterocycles. The molecule has 2 aromatic carbocycles. The maximum Gasteiger partial charge on any atom is 0.316 e. The summed E-state index contributed by atoms with van der Waals surface area (Å²) in [5, 5.41) is 12.0. The lowest BCUT2D eigenvalue weighted by molar-refractivity contribution is -0.146. The van der Waals surface area contributed by atoms with Crippen molar-refractivity contribution in [2.24, 2.45) is 5.92 Å². The minimum absolute atomic E-state index is 0.0263. The Morgan fingerprint density at radius 1 is 1.09 bits per heavy atom. The zero-order chi connectivity index (χ0) is 23.9. The van der Waals surface area contributed by atoms with Gasteiger partial charge in [0.05, 0.1) is 5.75 Å². The third kappa shape index (κ3) is 6.02. The van der Waals surface area contributed by atoms with Gasteiger partial charge in [-0.2, -0.15) is 0 Å². The molecular weight excluding hydrogens is 455 g/mol. The van der Waals surface area contributed by atoms with E-state index in [1.807, 2.05) is 34.9 Å². The summed E-state index contributed by atoms with van der Waals surface area (Å²) < 4.78 is 20.4. The van der Waals surface area contributed by atoms with Crippen LogP contribution in [0.3, 0.4) is 0 Å². The monoisotopic (exact) mass is 482 g/mol. The summed E-state index contributed by atoms with van der Waals surface area (Å²) in [6.45, 7) is 1.84. The number of thioether (sulfide) groups is 1. The van der Waals surface area contributed by atoms with E-state index in [2.05, 4.69) is 22.4 Å². The zero-order valence-electron chi connectivity index (χ0n) is 18.9. The van der Waals surface area contributed by atoms with E-state index in [1.165, 1.54) is 30.3 Å². The van der Waals surface area contributed by atoms with Crippen molar-refractivity contribution in [2.45, 2.75) is 43.8 Å². The fourth-order valence-corrected chi connectivity index (χ4v) is 4.80. The maximum absolute atomic E-state index is 13.4. The highest BCUT2D eigenvalue weighted by molar-refractivity contribution is 7.99. The molecule has 0 aliphatic heterocycles. The Bertz CT molecular complexity index is 1120. The number of rotatable bonds is 8. The SMILES string of the molecule is CC1CCCCC1NC(=O)COC(=O)CSc1nnc(-c2ccc(F)cc2)n1-c1ccccc1. The number of nitrogens with one attached hydrogen (secondary N) is 1. The highest BCUT2D eigenvalue weighted by atomic mass is 32.2. The lowest BCUT2D eigenvalue weighted by Gasteiger charge is -2.29. The van der Waals surface area contributed by atoms with Gasteiger partial charge in [-0.3, -0.25) is 14.2 Å². The summed E-state index contributed by atoms with van der Waals surface area (Å²) in [7, 11) is 0. The largest absolute Gasteiger partial charge is 0.455 e. The fraction of sp³-hybridized carbons (Fsp3) is 0.360. The van der Waals surface area contributed by atoms with Crippen molar-refractivity contribution >= 4 is 23.6 Å². The van der Waals surface area contributed by atoms with Crippen LogP contribution in [-0.4, -0.2) is 45.0 Å². The number of halogens is 1. The lowest BCUT2D eigenvalue weighted by Crippen LogP contribution is -2.43. The van der Waals surface area contributed by atoms with Gasteiger partial charge >= 0.3 is 5.97 Å². The number of carbonyl (C=O) groups excluding carboxylic acids is 2. The van der Waals surface area contributed by atoms with Gasteiger partial charge in [0.15, 0.2) is 17.6 Å². The van der Waals surface area contributed by atoms with Crippen molar-refractivity contribution in [3.05, 3.63) is 60.4 Å². The Morgan fingerprint density at radius 2 is 1.82 bits per heavy atom. The summed E-state index contributed by atoms with van der Waals surface area (Å²) in [6, 6.07) is 15.6. The molecule has 1 aliphatic carbocycles. The first kappa shape index (κ1) is 23.9. The standard InChI is InChI=1S/C25H27FN4O3S/c1-17-7-5-6-10-21(17)27-22(31)15-33-23(32)16-34-25-29-28-24(18-11-13-19(26)14-12-18)30(25)20-8-3-2-4-9-20/h2-4,8-9,11-14,17,21H,5-7,10,15-16H2,1H3,(H,27,31). The number of carbonyl (C=O) groups is 2. The molecule has 1 heterocycles. The number of hydrogen-bond donors (Lipinski definition) is 1. The Morgan fingerprint density at radius 3 is 2.56 bits per heavy atom. The first-order chi connectivity index (χ1) is 16.5. The van der Waals surface area contributed by atoms with Gasteiger partial charge < -0.3 is 10.1 Å². The molecule has 1 saturated carbocycles. The number of para-hydroxylation sites is 1. The average molecular weight is 483 g/mol. The zero-order valence-corrected chi connectivity index (χ0v) is 19.8. The van der Waals surface area contributed by atoms with Crippen molar-refractivity contribution in [1.82, 2.24) is 20.1 Å². The third-order valence-electron chi connectivity index (χ3n) is 5.89. The second-order valence-corrected chi connectivity index (χ2v) is 9.31. The highest BCUT2D eigenvalue weighted by Gasteiger charge is 2.23. The van der Waals surface area contributed by atoms with Crippen LogP contribution in [0.1, 0.15) is 32.6 Å². The number of aromatic nitrogens is 3. The maximum atomic E-state index is 13.4. The van der Waals surface area contributed by atoms with Gasteiger partial charge in [0.2, 0.25) is 0 Å². The summed E-state index contributed by atoms with van der Waals surface area (Å²) >= 11 is 1.17. The first-order valence-electron chi connectivity index (χ1n) is 11.4. The molecule has 2 atom stereocenters. The summed E-state index contributed by atoms with van der Waals surface area (Å²) in [5.41, 5.74) is 1.50. The Hall–Kier alpha value is -3.20. The van der Waals surface area contributed by atoms with E-state index < -0.39 is 5.97 Å². The van der Waals surface area contributed by atoms with Gasteiger partial charge in [0.1, 0.15) is 5.82 Å². The fourth-order valence-electron chi connectivity index (χ4n) is 4.05. The molecule has 0 saturated heterocycles. The summed E-state index contributed by atoms with van der Waals surface area (Å²) in [6.07, 6.45) is 4.36. The number of benzene rings is 2. The number of esters is 1. The van der Waals surface area contributed by atoms with Crippen LogP contribution in [0, 0.1) is 11.7 Å². The molecule has 1 N–H and O–H groups in total. The van der Waals surface area contributed by atoms with Crippen LogP contribution in [0.25, 0.3) is 17.1 Å². The van der Waals surface area contributed by atoms with E-state index in [1.54, 1.807) is 12.1 Å². The molecule has 34 heavy (non-hydrogen) atoms. The Balaban J connectivity index is 1.39. The van der Waals surface area contributed by atoms with E-state index >= 15 is 0 Å². The first-order valence-corrected chi connectivity index (χ1v) is 12.3. The number of ether oxygens (including phenoxy) is 1. The molecular formula is C25H27FN4O3S. The third-order valence-corrected chi connectivity index (χ3v) is 6.79. The molecule has 1 aliphatic rings. The number of amides is 1. The summed E-state index contributed by atoms with van der Waals surface area (Å²) in [5.74, 6) is -0.187. The predicted octanol–water partition coefficient (Wildman–Crippen LogP) is 4.40. The van der Waals surface area contributed by atoms with Crippen molar-refractivity contribution in [2.75, 3.05) is 12.4 Å². The Kier molecular flexibility index (Phi) is 7.95. The summed E-state index contributed by atoms with van der Waals surface area (Å²) in [4.78, 5) is 24.5. The quantitative estimate of drug-likeness (QED) is 0.378. The molecule has 9 heteroatoms. The number of hydrogen-bond acceptors (Lipinski definition) is 6.